The third kappa shape index (κ3) is 5.51. The molecule has 1 fully saturated rings. The van der Waals surface area contributed by atoms with Gasteiger partial charge in [0.15, 0.2) is 0 Å². The summed E-state index contributed by atoms with van der Waals surface area (Å²) in [5, 5.41) is 3.18. The van der Waals surface area contributed by atoms with Crippen molar-refractivity contribution < 1.29 is 9.53 Å². The molecule has 0 aliphatic carbocycles. The summed E-state index contributed by atoms with van der Waals surface area (Å²) in [5.74, 6) is 1.35. The Morgan fingerprint density at radius 2 is 1.78 bits per heavy atom. The van der Waals surface area contributed by atoms with E-state index in [-0.39, 0.29) is 6.09 Å². The molecular weight excluding hydrogens is 404 g/mol. The van der Waals surface area contributed by atoms with E-state index in [4.69, 9.17) is 9.72 Å². The number of amides is 1. The summed E-state index contributed by atoms with van der Waals surface area (Å²) >= 11 is 0. The van der Waals surface area contributed by atoms with Crippen molar-refractivity contribution in [2.75, 3.05) is 36.4 Å². The van der Waals surface area contributed by atoms with Gasteiger partial charge in [0.05, 0.1) is 11.9 Å². The molecule has 8 heteroatoms. The number of piperazine rings is 1. The number of benzene rings is 1. The van der Waals surface area contributed by atoms with Crippen LogP contribution < -0.4 is 10.2 Å². The van der Waals surface area contributed by atoms with Crippen LogP contribution in [-0.4, -0.2) is 57.7 Å². The summed E-state index contributed by atoms with van der Waals surface area (Å²) in [6, 6.07) is 14.2. The number of aromatic nitrogens is 3. The summed E-state index contributed by atoms with van der Waals surface area (Å²) in [4.78, 5) is 29.4. The van der Waals surface area contributed by atoms with Gasteiger partial charge in [-0.25, -0.2) is 14.8 Å². The zero-order valence-electron chi connectivity index (χ0n) is 18.7. The molecule has 8 nitrogen and oxygen atoms in total. The van der Waals surface area contributed by atoms with Gasteiger partial charge in [-0.1, -0.05) is 18.2 Å². The van der Waals surface area contributed by atoms with Crippen LogP contribution in [0.15, 0.2) is 61.1 Å². The van der Waals surface area contributed by atoms with E-state index in [2.05, 4.69) is 38.4 Å². The summed E-state index contributed by atoms with van der Waals surface area (Å²) in [6.07, 6.45) is 4.68. The molecule has 0 spiro atoms. The Bertz CT molecular complexity index is 1060. The molecule has 1 amide bonds. The highest BCUT2D eigenvalue weighted by Crippen LogP contribution is 2.26. The second-order valence-electron chi connectivity index (χ2n) is 8.63. The van der Waals surface area contributed by atoms with E-state index in [9.17, 15) is 4.79 Å². The number of ether oxygens (including phenoxy) is 1. The number of rotatable bonds is 4. The average molecular weight is 433 g/mol. The van der Waals surface area contributed by atoms with Crippen LogP contribution in [0.3, 0.4) is 0 Å². The predicted molar refractivity (Wildman–Crippen MR) is 125 cm³/mol. The number of carbonyl (C=O) groups excluding carboxylic acids is 1. The summed E-state index contributed by atoms with van der Waals surface area (Å²) < 4.78 is 5.49. The minimum Gasteiger partial charge on any atom is -0.444 e. The maximum absolute atomic E-state index is 12.3. The lowest BCUT2D eigenvalue weighted by atomic mass is 10.1. The number of anilines is 3. The minimum atomic E-state index is -0.480. The summed E-state index contributed by atoms with van der Waals surface area (Å²) in [5.41, 5.74) is 2.53. The Kier molecular flexibility index (Phi) is 6.20. The molecule has 1 aliphatic heterocycles. The second kappa shape index (κ2) is 9.21. The fourth-order valence-electron chi connectivity index (χ4n) is 3.50. The minimum absolute atomic E-state index is 0.248. The first-order chi connectivity index (χ1) is 15.4. The lowest BCUT2D eigenvalue weighted by Crippen LogP contribution is -2.50. The van der Waals surface area contributed by atoms with Crippen molar-refractivity contribution in [3.63, 3.8) is 0 Å². The molecule has 1 N–H and O–H groups in total. The number of carbonyl (C=O) groups is 1. The zero-order chi connectivity index (χ0) is 22.6. The van der Waals surface area contributed by atoms with E-state index in [1.807, 2.05) is 45.0 Å². The number of hydrogen-bond donors (Lipinski definition) is 1. The van der Waals surface area contributed by atoms with Gasteiger partial charge in [0.1, 0.15) is 17.2 Å². The number of nitrogens with zero attached hydrogens (tertiary/aromatic N) is 5. The van der Waals surface area contributed by atoms with Crippen LogP contribution in [0.25, 0.3) is 11.3 Å². The Morgan fingerprint density at radius 3 is 2.50 bits per heavy atom. The number of pyridine rings is 1. The topological polar surface area (TPSA) is 83.5 Å². The SMILES string of the molecule is CC(C)(C)OC(=O)N1CCN(c2cccc(-c3cccc(Nc4cnccn4)n3)c2)CC1. The molecule has 32 heavy (non-hydrogen) atoms. The summed E-state index contributed by atoms with van der Waals surface area (Å²) in [6.45, 7) is 8.44. The third-order valence-corrected chi connectivity index (χ3v) is 5.01. The van der Waals surface area contributed by atoms with Crippen LogP contribution in [0, 0.1) is 0 Å². The molecule has 2 aromatic heterocycles. The van der Waals surface area contributed by atoms with Gasteiger partial charge in [-0.05, 0) is 45.0 Å². The van der Waals surface area contributed by atoms with E-state index in [1.165, 1.54) is 0 Å². The van der Waals surface area contributed by atoms with Gasteiger partial charge in [-0.3, -0.25) is 4.98 Å². The molecule has 166 valence electrons. The van der Waals surface area contributed by atoms with Crippen LogP contribution in [0.5, 0.6) is 0 Å². The standard InChI is InChI=1S/C24H28N6O2/c1-24(2,3)32-23(31)30-14-12-29(13-15-30)19-7-4-6-18(16-19)20-8-5-9-21(27-20)28-22-17-25-10-11-26-22/h4-11,16-17H,12-15H2,1-3H3,(H,26,27,28). The first-order valence-electron chi connectivity index (χ1n) is 10.7. The van der Waals surface area contributed by atoms with Gasteiger partial charge in [0.2, 0.25) is 0 Å². The lowest BCUT2D eigenvalue weighted by Gasteiger charge is -2.36. The van der Waals surface area contributed by atoms with Crippen molar-refractivity contribution in [1.82, 2.24) is 19.9 Å². The molecule has 0 atom stereocenters. The molecule has 0 saturated carbocycles. The van der Waals surface area contributed by atoms with Crippen LogP contribution in [0.2, 0.25) is 0 Å². The van der Waals surface area contributed by atoms with Crippen molar-refractivity contribution >= 4 is 23.4 Å². The largest absolute Gasteiger partial charge is 0.444 e. The molecule has 0 bridgehead atoms. The number of nitrogens with one attached hydrogen (secondary N) is 1. The van der Waals surface area contributed by atoms with Crippen molar-refractivity contribution in [2.24, 2.45) is 0 Å². The molecule has 0 unspecified atom stereocenters. The highest BCUT2D eigenvalue weighted by atomic mass is 16.6. The van der Waals surface area contributed by atoms with Crippen LogP contribution in [0.4, 0.5) is 22.1 Å². The van der Waals surface area contributed by atoms with Crippen molar-refractivity contribution in [1.29, 1.82) is 0 Å². The monoisotopic (exact) mass is 432 g/mol. The van der Waals surface area contributed by atoms with Crippen molar-refractivity contribution in [3.05, 3.63) is 61.1 Å². The Labute approximate surface area is 188 Å². The van der Waals surface area contributed by atoms with E-state index in [0.29, 0.717) is 24.7 Å². The van der Waals surface area contributed by atoms with Crippen LogP contribution in [-0.2, 0) is 4.74 Å². The van der Waals surface area contributed by atoms with Gasteiger partial charge >= 0.3 is 6.09 Å². The highest BCUT2D eigenvalue weighted by molar-refractivity contribution is 5.70. The predicted octanol–water partition coefficient (Wildman–Crippen LogP) is 4.34. The van der Waals surface area contributed by atoms with Gasteiger partial charge in [0.25, 0.3) is 0 Å². The highest BCUT2D eigenvalue weighted by Gasteiger charge is 2.26. The van der Waals surface area contributed by atoms with Crippen molar-refractivity contribution in [2.45, 2.75) is 26.4 Å². The fraction of sp³-hybridized carbons (Fsp3) is 0.333. The quantitative estimate of drug-likeness (QED) is 0.657. The first kappa shape index (κ1) is 21.5. The zero-order valence-corrected chi connectivity index (χ0v) is 18.7. The normalized spacial score (nSPS) is 14.2. The van der Waals surface area contributed by atoms with Gasteiger partial charge in [-0.15, -0.1) is 0 Å². The maximum atomic E-state index is 12.3. The molecule has 1 aromatic carbocycles. The Hall–Kier alpha value is -3.68. The lowest BCUT2D eigenvalue weighted by molar-refractivity contribution is 0.0240. The smallest absolute Gasteiger partial charge is 0.410 e. The molecular formula is C24H28N6O2. The Morgan fingerprint density at radius 1 is 1.00 bits per heavy atom. The summed E-state index contributed by atoms with van der Waals surface area (Å²) in [7, 11) is 0. The molecule has 4 rings (SSSR count). The third-order valence-electron chi connectivity index (χ3n) is 5.01. The van der Waals surface area contributed by atoms with E-state index < -0.39 is 5.60 Å². The number of hydrogen-bond acceptors (Lipinski definition) is 7. The molecule has 1 saturated heterocycles. The Balaban J connectivity index is 1.43. The second-order valence-corrected chi connectivity index (χ2v) is 8.63. The molecule has 3 heterocycles. The first-order valence-corrected chi connectivity index (χ1v) is 10.7. The fourth-order valence-corrected chi connectivity index (χ4v) is 3.50. The van der Waals surface area contributed by atoms with Gasteiger partial charge in [0, 0.05) is 49.8 Å². The molecule has 3 aromatic rings. The van der Waals surface area contributed by atoms with E-state index in [1.54, 1.807) is 23.5 Å². The average Bonchev–Trinajstić information content (AvgIpc) is 2.79. The van der Waals surface area contributed by atoms with Crippen molar-refractivity contribution in [3.8, 4) is 11.3 Å². The van der Waals surface area contributed by atoms with Crippen LogP contribution >= 0.6 is 0 Å². The van der Waals surface area contributed by atoms with E-state index >= 15 is 0 Å². The van der Waals surface area contributed by atoms with E-state index in [0.717, 1.165) is 30.0 Å². The van der Waals surface area contributed by atoms with Gasteiger partial charge < -0.3 is 19.9 Å². The van der Waals surface area contributed by atoms with Gasteiger partial charge in [-0.2, -0.15) is 0 Å². The van der Waals surface area contributed by atoms with Crippen LogP contribution in [0.1, 0.15) is 20.8 Å². The molecule has 0 radical (unpaired) electrons. The maximum Gasteiger partial charge on any atom is 0.410 e. The molecule has 1 aliphatic rings.